The van der Waals surface area contributed by atoms with E-state index in [0.717, 1.165) is 11.8 Å². The van der Waals surface area contributed by atoms with Gasteiger partial charge < -0.3 is 5.73 Å². The standard InChI is InChI=1S/C8H9FN2S/c9-7-4-2-1-3-6(7)5-12-8(10)11/h1-4H,5H2,(H3,10,11). The van der Waals surface area contributed by atoms with E-state index in [2.05, 4.69) is 0 Å². The summed E-state index contributed by atoms with van der Waals surface area (Å²) in [5.41, 5.74) is 5.70. The third kappa shape index (κ3) is 2.54. The van der Waals surface area contributed by atoms with Gasteiger partial charge in [0.15, 0.2) is 5.17 Å². The molecule has 12 heavy (non-hydrogen) atoms. The van der Waals surface area contributed by atoms with Crippen molar-refractivity contribution >= 4 is 16.9 Å². The minimum atomic E-state index is -0.244. The molecular weight excluding hydrogens is 175 g/mol. The van der Waals surface area contributed by atoms with Crippen molar-refractivity contribution in [2.45, 2.75) is 5.75 Å². The highest BCUT2D eigenvalue weighted by atomic mass is 32.2. The number of halogens is 1. The molecule has 0 aliphatic rings. The van der Waals surface area contributed by atoms with Crippen LogP contribution in [-0.4, -0.2) is 5.17 Å². The smallest absolute Gasteiger partial charge is 0.151 e. The minimum absolute atomic E-state index is 0.0123. The van der Waals surface area contributed by atoms with Gasteiger partial charge in [0, 0.05) is 5.75 Å². The average Bonchev–Trinajstić information content (AvgIpc) is 2.03. The van der Waals surface area contributed by atoms with Crippen LogP contribution in [-0.2, 0) is 5.75 Å². The molecule has 0 fully saturated rings. The van der Waals surface area contributed by atoms with Crippen molar-refractivity contribution in [2.24, 2.45) is 5.73 Å². The van der Waals surface area contributed by atoms with Crippen molar-refractivity contribution in [3.05, 3.63) is 35.6 Å². The number of hydrogen-bond acceptors (Lipinski definition) is 2. The monoisotopic (exact) mass is 184 g/mol. The molecule has 1 rings (SSSR count). The van der Waals surface area contributed by atoms with Gasteiger partial charge in [0.25, 0.3) is 0 Å². The molecule has 64 valence electrons. The molecule has 3 N–H and O–H groups in total. The van der Waals surface area contributed by atoms with Crippen LogP contribution in [0.3, 0.4) is 0 Å². The molecule has 0 saturated carbocycles. The van der Waals surface area contributed by atoms with Crippen LogP contribution in [0.15, 0.2) is 24.3 Å². The molecule has 0 heterocycles. The van der Waals surface area contributed by atoms with Gasteiger partial charge in [-0.2, -0.15) is 0 Å². The molecule has 0 unspecified atom stereocenters. The third-order valence-corrected chi connectivity index (χ3v) is 2.11. The molecule has 0 aliphatic heterocycles. The van der Waals surface area contributed by atoms with E-state index >= 15 is 0 Å². The Kier molecular flexibility index (Phi) is 3.10. The first kappa shape index (κ1) is 9.06. The number of rotatable bonds is 2. The van der Waals surface area contributed by atoms with Gasteiger partial charge in [-0.1, -0.05) is 30.0 Å². The van der Waals surface area contributed by atoms with Crippen molar-refractivity contribution in [3.8, 4) is 0 Å². The lowest BCUT2D eigenvalue weighted by atomic mass is 10.2. The number of amidine groups is 1. The van der Waals surface area contributed by atoms with Crippen LogP contribution >= 0.6 is 11.8 Å². The molecule has 2 nitrogen and oxygen atoms in total. The average molecular weight is 184 g/mol. The lowest BCUT2D eigenvalue weighted by molar-refractivity contribution is 0.617. The first-order chi connectivity index (χ1) is 5.70. The highest BCUT2D eigenvalue weighted by Gasteiger charge is 2.00. The maximum atomic E-state index is 12.9. The lowest BCUT2D eigenvalue weighted by Crippen LogP contribution is -2.04. The summed E-state index contributed by atoms with van der Waals surface area (Å²) in [6, 6.07) is 6.48. The van der Waals surface area contributed by atoms with Gasteiger partial charge in [-0.3, -0.25) is 5.41 Å². The van der Waals surface area contributed by atoms with Crippen LogP contribution in [0, 0.1) is 11.2 Å². The summed E-state index contributed by atoms with van der Waals surface area (Å²) in [5, 5.41) is 6.94. The SMILES string of the molecule is N=C(N)SCc1ccccc1F. The van der Waals surface area contributed by atoms with E-state index < -0.39 is 0 Å². The van der Waals surface area contributed by atoms with Gasteiger partial charge in [-0.15, -0.1) is 0 Å². The largest absolute Gasteiger partial charge is 0.379 e. The first-order valence-corrected chi connectivity index (χ1v) is 4.39. The molecule has 0 aliphatic carbocycles. The normalized spacial score (nSPS) is 9.75. The van der Waals surface area contributed by atoms with Gasteiger partial charge in [0.2, 0.25) is 0 Å². The summed E-state index contributed by atoms with van der Waals surface area (Å²) in [6.45, 7) is 0. The van der Waals surface area contributed by atoms with Crippen LogP contribution in [0.25, 0.3) is 0 Å². The van der Waals surface area contributed by atoms with Gasteiger partial charge >= 0.3 is 0 Å². The van der Waals surface area contributed by atoms with Crippen LogP contribution in [0.4, 0.5) is 4.39 Å². The molecule has 0 radical (unpaired) electrons. The Morgan fingerprint density at radius 2 is 2.17 bits per heavy atom. The molecule has 0 atom stereocenters. The van der Waals surface area contributed by atoms with E-state index in [4.69, 9.17) is 11.1 Å². The van der Waals surface area contributed by atoms with Gasteiger partial charge in [-0.25, -0.2) is 4.39 Å². The second-order valence-corrected chi connectivity index (χ2v) is 3.26. The van der Waals surface area contributed by atoms with Gasteiger partial charge in [0.05, 0.1) is 0 Å². The fourth-order valence-corrected chi connectivity index (χ4v) is 1.32. The summed E-state index contributed by atoms with van der Waals surface area (Å²) < 4.78 is 12.9. The van der Waals surface area contributed by atoms with E-state index in [9.17, 15) is 4.39 Å². The second-order valence-electron chi connectivity index (χ2n) is 2.24. The summed E-state index contributed by atoms with van der Waals surface area (Å²) in [6.07, 6.45) is 0. The maximum absolute atomic E-state index is 12.9. The molecule has 0 spiro atoms. The van der Waals surface area contributed by atoms with E-state index in [0.29, 0.717) is 11.3 Å². The zero-order valence-corrected chi connectivity index (χ0v) is 7.20. The predicted molar refractivity (Wildman–Crippen MR) is 49.6 cm³/mol. The molecule has 4 heteroatoms. The minimum Gasteiger partial charge on any atom is -0.379 e. The zero-order valence-electron chi connectivity index (χ0n) is 6.38. The Labute approximate surface area is 74.5 Å². The Hall–Kier alpha value is -1.03. The van der Waals surface area contributed by atoms with Crippen molar-refractivity contribution in [1.82, 2.24) is 0 Å². The summed E-state index contributed by atoms with van der Waals surface area (Å²) in [4.78, 5) is 0. The Bertz CT molecular complexity index is 288. The van der Waals surface area contributed by atoms with Crippen LogP contribution in [0.2, 0.25) is 0 Å². The van der Waals surface area contributed by atoms with Gasteiger partial charge in [-0.05, 0) is 11.6 Å². The van der Waals surface area contributed by atoms with E-state index in [1.807, 2.05) is 0 Å². The van der Waals surface area contributed by atoms with Crippen molar-refractivity contribution in [3.63, 3.8) is 0 Å². The van der Waals surface area contributed by atoms with Crippen LogP contribution < -0.4 is 5.73 Å². The second kappa shape index (κ2) is 4.11. The van der Waals surface area contributed by atoms with Gasteiger partial charge in [0.1, 0.15) is 5.82 Å². The summed E-state index contributed by atoms with van der Waals surface area (Å²) in [7, 11) is 0. The molecule has 1 aromatic rings. The molecule has 0 bridgehead atoms. The molecular formula is C8H9FN2S. The topological polar surface area (TPSA) is 49.9 Å². The van der Waals surface area contributed by atoms with Crippen molar-refractivity contribution in [2.75, 3.05) is 0 Å². The molecule has 1 aromatic carbocycles. The van der Waals surface area contributed by atoms with Crippen molar-refractivity contribution < 1.29 is 4.39 Å². The highest BCUT2D eigenvalue weighted by molar-refractivity contribution is 8.13. The Morgan fingerprint density at radius 3 is 2.75 bits per heavy atom. The number of nitrogens with one attached hydrogen (secondary N) is 1. The van der Waals surface area contributed by atoms with E-state index in [1.165, 1.54) is 6.07 Å². The van der Waals surface area contributed by atoms with Crippen molar-refractivity contribution in [1.29, 1.82) is 5.41 Å². The summed E-state index contributed by atoms with van der Waals surface area (Å²) >= 11 is 1.12. The maximum Gasteiger partial charge on any atom is 0.151 e. The molecule has 0 aromatic heterocycles. The summed E-state index contributed by atoms with van der Waals surface area (Å²) in [5.74, 6) is 0.174. The fraction of sp³-hybridized carbons (Fsp3) is 0.125. The fourth-order valence-electron chi connectivity index (χ4n) is 0.771. The first-order valence-electron chi connectivity index (χ1n) is 3.40. The zero-order chi connectivity index (χ0) is 8.97. The number of benzene rings is 1. The Morgan fingerprint density at radius 1 is 1.50 bits per heavy atom. The number of thioether (sulfide) groups is 1. The molecule has 0 saturated heterocycles. The van der Waals surface area contributed by atoms with E-state index in [1.54, 1.807) is 18.2 Å². The van der Waals surface area contributed by atoms with E-state index in [-0.39, 0.29) is 11.0 Å². The van der Waals surface area contributed by atoms with Crippen LogP contribution in [0.1, 0.15) is 5.56 Å². The Balaban J connectivity index is 2.63. The predicted octanol–water partition coefficient (Wildman–Crippen LogP) is 1.95. The third-order valence-electron chi connectivity index (χ3n) is 1.34. The van der Waals surface area contributed by atoms with Crippen LogP contribution in [0.5, 0.6) is 0 Å². The number of hydrogen-bond donors (Lipinski definition) is 2. The quantitative estimate of drug-likeness (QED) is 0.545. The highest BCUT2D eigenvalue weighted by Crippen LogP contribution is 2.14. The molecule has 0 amide bonds. The lowest BCUT2D eigenvalue weighted by Gasteiger charge is -2.00. The number of nitrogens with two attached hydrogens (primary N) is 1.